The average Bonchev–Trinajstić information content (AvgIpc) is 2.40. The van der Waals surface area contributed by atoms with Crippen molar-refractivity contribution < 1.29 is 4.79 Å². The van der Waals surface area contributed by atoms with Crippen LogP contribution in [0.15, 0.2) is 24.4 Å². The molecule has 2 atom stereocenters. The third-order valence-corrected chi connectivity index (χ3v) is 3.41. The first-order chi connectivity index (χ1) is 8.66. The van der Waals surface area contributed by atoms with Gasteiger partial charge in [0.25, 0.3) is 0 Å². The van der Waals surface area contributed by atoms with Crippen molar-refractivity contribution in [3.63, 3.8) is 0 Å². The number of carbonyl (C=O) groups excluding carboxylic acids is 1. The molecule has 0 spiro atoms. The van der Waals surface area contributed by atoms with Crippen LogP contribution in [0.4, 0.5) is 0 Å². The topological polar surface area (TPSA) is 45.2 Å². The van der Waals surface area contributed by atoms with Crippen LogP contribution in [0.2, 0.25) is 0 Å². The third-order valence-electron chi connectivity index (χ3n) is 3.41. The molecule has 2 heterocycles. The van der Waals surface area contributed by atoms with Crippen LogP contribution in [-0.4, -0.2) is 41.0 Å². The molecule has 1 saturated heterocycles. The number of aryl methyl sites for hydroxylation is 1. The predicted molar refractivity (Wildman–Crippen MR) is 71.2 cm³/mol. The summed E-state index contributed by atoms with van der Waals surface area (Å²) >= 11 is 0. The summed E-state index contributed by atoms with van der Waals surface area (Å²) in [5, 5.41) is 3.38. The van der Waals surface area contributed by atoms with Gasteiger partial charge in [0.15, 0.2) is 0 Å². The lowest BCUT2D eigenvalue weighted by Gasteiger charge is -2.37. The summed E-state index contributed by atoms with van der Waals surface area (Å²) in [6, 6.07) is 6.50. The van der Waals surface area contributed by atoms with Gasteiger partial charge >= 0.3 is 0 Å². The Balaban J connectivity index is 1.87. The Kier molecular flexibility index (Phi) is 4.31. The number of nitrogens with zero attached hydrogens (tertiary/aromatic N) is 2. The van der Waals surface area contributed by atoms with E-state index in [1.54, 1.807) is 6.20 Å². The molecule has 98 valence electrons. The fraction of sp³-hybridized carbons (Fsp3) is 0.571. The summed E-state index contributed by atoms with van der Waals surface area (Å²) in [6.45, 7) is 5.90. The van der Waals surface area contributed by atoms with Gasteiger partial charge in [0.05, 0.1) is 0 Å². The molecule has 1 aromatic rings. The molecule has 2 unspecified atom stereocenters. The van der Waals surface area contributed by atoms with Crippen molar-refractivity contribution in [3.05, 3.63) is 30.1 Å². The van der Waals surface area contributed by atoms with E-state index in [4.69, 9.17) is 0 Å². The molecule has 1 aliphatic rings. The summed E-state index contributed by atoms with van der Waals surface area (Å²) in [5.74, 6) is 0.238. The van der Waals surface area contributed by atoms with Gasteiger partial charge in [0.1, 0.15) is 0 Å². The lowest BCUT2D eigenvalue weighted by atomic mass is 10.1. The molecule has 18 heavy (non-hydrogen) atoms. The number of hydrogen-bond donors (Lipinski definition) is 1. The van der Waals surface area contributed by atoms with Crippen molar-refractivity contribution in [1.29, 1.82) is 0 Å². The van der Waals surface area contributed by atoms with Crippen LogP contribution in [0.5, 0.6) is 0 Å². The second kappa shape index (κ2) is 5.96. The minimum absolute atomic E-state index is 0.238. The highest BCUT2D eigenvalue weighted by Gasteiger charge is 2.25. The van der Waals surface area contributed by atoms with Crippen LogP contribution < -0.4 is 5.32 Å². The van der Waals surface area contributed by atoms with Crippen LogP contribution in [-0.2, 0) is 11.2 Å². The van der Waals surface area contributed by atoms with E-state index in [2.05, 4.69) is 24.1 Å². The molecule has 4 nitrogen and oxygen atoms in total. The third kappa shape index (κ3) is 3.29. The van der Waals surface area contributed by atoms with Gasteiger partial charge < -0.3 is 10.2 Å². The zero-order chi connectivity index (χ0) is 13.0. The summed E-state index contributed by atoms with van der Waals surface area (Å²) in [6.07, 6.45) is 3.05. The van der Waals surface area contributed by atoms with E-state index in [0.717, 1.165) is 25.2 Å². The highest BCUT2D eigenvalue weighted by atomic mass is 16.2. The summed E-state index contributed by atoms with van der Waals surface area (Å²) in [7, 11) is 0. The monoisotopic (exact) mass is 247 g/mol. The zero-order valence-corrected chi connectivity index (χ0v) is 11.1. The number of aromatic nitrogens is 1. The maximum Gasteiger partial charge on any atom is 0.223 e. The minimum Gasteiger partial charge on any atom is -0.337 e. The molecule has 1 amide bonds. The number of nitrogens with one attached hydrogen (secondary N) is 1. The molecule has 1 fully saturated rings. The molecule has 2 rings (SSSR count). The van der Waals surface area contributed by atoms with Crippen LogP contribution in [0.25, 0.3) is 0 Å². The second-order valence-electron chi connectivity index (χ2n) is 5.03. The SMILES string of the molecule is CC1CN(C(=O)CCc2ccccn2)C(C)CN1. The normalized spacial score (nSPS) is 24.0. The van der Waals surface area contributed by atoms with E-state index in [9.17, 15) is 4.79 Å². The van der Waals surface area contributed by atoms with Crippen molar-refractivity contribution in [2.75, 3.05) is 13.1 Å². The Hall–Kier alpha value is -1.42. The second-order valence-corrected chi connectivity index (χ2v) is 5.03. The van der Waals surface area contributed by atoms with Crippen molar-refractivity contribution >= 4 is 5.91 Å². The van der Waals surface area contributed by atoms with E-state index in [1.165, 1.54) is 0 Å². The Morgan fingerprint density at radius 2 is 2.33 bits per heavy atom. The molecule has 0 bridgehead atoms. The van der Waals surface area contributed by atoms with Gasteiger partial charge in [0.2, 0.25) is 5.91 Å². The fourth-order valence-corrected chi connectivity index (χ4v) is 2.29. The zero-order valence-electron chi connectivity index (χ0n) is 11.1. The molecule has 0 aliphatic carbocycles. The maximum absolute atomic E-state index is 12.2. The molecule has 4 heteroatoms. The van der Waals surface area contributed by atoms with E-state index >= 15 is 0 Å². The molecule has 0 aromatic carbocycles. The Labute approximate surface area is 108 Å². The number of amides is 1. The number of carbonyl (C=O) groups is 1. The van der Waals surface area contributed by atoms with Gasteiger partial charge in [-0.25, -0.2) is 0 Å². The molecule has 1 N–H and O–H groups in total. The predicted octanol–water partition coefficient (Wildman–Crippen LogP) is 1.22. The van der Waals surface area contributed by atoms with Gasteiger partial charge in [-0.1, -0.05) is 6.07 Å². The first kappa shape index (κ1) is 13.0. The molecular weight excluding hydrogens is 226 g/mol. The molecule has 1 aliphatic heterocycles. The highest BCUT2D eigenvalue weighted by molar-refractivity contribution is 5.77. The van der Waals surface area contributed by atoms with Crippen molar-refractivity contribution in [3.8, 4) is 0 Å². The van der Waals surface area contributed by atoms with E-state index in [0.29, 0.717) is 12.5 Å². The molecule has 0 saturated carbocycles. The lowest BCUT2D eigenvalue weighted by Crippen LogP contribution is -2.56. The molecule has 0 radical (unpaired) electrons. The van der Waals surface area contributed by atoms with Gasteiger partial charge in [-0.15, -0.1) is 0 Å². The van der Waals surface area contributed by atoms with Gasteiger partial charge in [-0.05, 0) is 32.4 Å². The fourth-order valence-electron chi connectivity index (χ4n) is 2.29. The van der Waals surface area contributed by atoms with Crippen molar-refractivity contribution in [1.82, 2.24) is 15.2 Å². The summed E-state index contributed by atoms with van der Waals surface area (Å²) in [4.78, 5) is 18.4. The largest absolute Gasteiger partial charge is 0.337 e. The quantitative estimate of drug-likeness (QED) is 0.873. The maximum atomic E-state index is 12.2. The van der Waals surface area contributed by atoms with Crippen molar-refractivity contribution in [2.45, 2.75) is 38.8 Å². The number of pyridine rings is 1. The first-order valence-corrected chi connectivity index (χ1v) is 6.59. The van der Waals surface area contributed by atoms with Crippen LogP contribution in [0, 0.1) is 0 Å². The number of hydrogen-bond acceptors (Lipinski definition) is 3. The van der Waals surface area contributed by atoms with Crippen LogP contribution in [0.1, 0.15) is 26.0 Å². The van der Waals surface area contributed by atoms with E-state index in [1.807, 2.05) is 23.1 Å². The lowest BCUT2D eigenvalue weighted by molar-refractivity contribution is -0.134. The smallest absolute Gasteiger partial charge is 0.223 e. The Morgan fingerprint density at radius 1 is 1.50 bits per heavy atom. The van der Waals surface area contributed by atoms with Gasteiger partial charge in [-0.3, -0.25) is 9.78 Å². The highest BCUT2D eigenvalue weighted by Crippen LogP contribution is 2.10. The first-order valence-electron chi connectivity index (χ1n) is 6.59. The van der Waals surface area contributed by atoms with Crippen LogP contribution >= 0.6 is 0 Å². The van der Waals surface area contributed by atoms with Crippen molar-refractivity contribution in [2.24, 2.45) is 0 Å². The summed E-state index contributed by atoms with van der Waals surface area (Å²) in [5.41, 5.74) is 0.988. The summed E-state index contributed by atoms with van der Waals surface area (Å²) < 4.78 is 0. The van der Waals surface area contributed by atoms with Crippen LogP contribution in [0.3, 0.4) is 0 Å². The van der Waals surface area contributed by atoms with E-state index < -0.39 is 0 Å². The van der Waals surface area contributed by atoms with Gasteiger partial charge in [-0.2, -0.15) is 0 Å². The average molecular weight is 247 g/mol. The Morgan fingerprint density at radius 3 is 3.06 bits per heavy atom. The van der Waals surface area contributed by atoms with E-state index in [-0.39, 0.29) is 11.9 Å². The number of rotatable bonds is 3. The Bertz CT molecular complexity index is 393. The molecular formula is C14H21N3O. The molecule has 1 aromatic heterocycles. The standard InChI is InChI=1S/C14H21N3O/c1-11-10-17(12(2)9-16-11)14(18)7-6-13-5-3-4-8-15-13/h3-5,8,11-12,16H,6-7,9-10H2,1-2H3. The van der Waals surface area contributed by atoms with Gasteiger partial charge in [0, 0.05) is 43.5 Å². The number of piperazine rings is 1. The minimum atomic E-state index is 0.238.